The number of alkyl halides is 3. The van der Waals surface area contributed by atoms with Crippen molar-refractivity contribution in [3.63, 3.8) is 0 Å². The highest BCUT2D eigenvalue weighted by Gasteiger charge is 2.29. The van der Waals surface area contributed by atoms with Crippen LogP contribution in [0.4, 0.5) is 13.2 Å². The van der Waals surface area contributed by atoms with Crippen LogP contribution in [0.25, 0.3) is 0 Å². The Balaban J connectivity index is 0.000000235. The lowest BCUT2D eigenvalue weighted by atomic mass is 10.0. The molecule has 0 spiro atoms. The maximum Gasteiger partial charge on any atom is 0.416 e. The van der Waals surface area contributed by atoms with Crippen LogP contribution < -0.4 is 0 Å². The molecule has 0 aliphatic heterocycles. The summed E-state index contributed by atoms with van der Waals surface area (Å²) in [6.45, 7) is 8.18. The lowest BCUT2D eigenvalue weighted by Gasteiger charge is -2.09. The molecule has 0 amide bonds. The number of benzene rings is 1. The van der Waals surface area contributed by atoms with E-state index < -0.39 is 11.7 Å². The van der Waals surface area contributed by atoms with Gasteiger partial charge < -0.3 is 0 Å². The smallest absolute Gasteiger partial charge is 0.261 e. The Morgan fingerprint density at radius 1 is 0.818 bits per heavy atom. The van der Waals surface area contributed by atoms with Gasteiger partial charge in [0, 0.05) is 11.9 Å². The predicted octanol–water partition coefficient (Wildman–Crippen LogP) is 6.03. The molecule has 0 N–H and O–H groups in total. The molecule has 0 saturated heterocycles. The summed E-state index contributed by atoms with van der Waals surface area (Å²) < 4.78 is 36.4. The van der Waals surface area contributed by atoms with Crippen LogP contribution in [0.1, 0.15) is 56.4 Å². The van der Waals surface area contributed by atoms with Gasteiger partial charge in [-0.05, 0) is 41.7 Å². The Morgan fingerprint density at radius 3 is 1.73 bits per heavy atom. The largest absolute Gasteiger partial charge is 0.416 e. The minimum absolute atomic E-state index is 0.266. The monoisotopic (exact) mass is 309 g/mol. The molecule has 0 bridgehead atoms. The van der Waals surface area contributed by atoms with Crippen molar-refractivity contribution in [2.24, 2.45) is 0 Å². The zero-order valence-electron chi connectivity index (χ0n) is 13.4. The molecule has 0 unspecified atom stereocenters. The quantitative estimate of drug-likeness (QED) is 0.659. The number of aromatic nitrogens is 1. The van der Waals surface area contributed by atoms with Crippen LogP contribution in [-0.2, 0) is 6.18 Å². The number of halogens is 3. The summed E-state index contributed by atoms with van der Waals surface area (Å²) in [6.07, 6.45) is -2.40. The minimum atomic E-state index is -4.23. The summed E-state index contributed by atoms with van der Waals surface area (Å²) >= 11 is 0. The van der Waals surface area contributed by atoms with Crippen LogP contribution in [0.2, 0.25) is 0 Å². The second-order valence-corrected chi connectivity index (χ2v) is 5.68. The van der Waals surface area contributed by atoms with Crippen LogP contribution >= 0.6 is 0 Å². The highest BCUT2D eigenvalue weighted by Crippen LogP contribution is 2.29. The normalized spacial score (nSPS) is 11.3. The van der Waals surface area contributed by atoms with Crippen molar-refractivity contribution in [3.8, 4) is 0 Å². The SMILES string of the molecule is CC(C)c1ccc(C(F)(F)F)cc1.CC(C)c1ccccn1. The molecule has 0 radical (unpaired) electrons. The molecule has 0 aliphatic carbocycles. The van der Waals surface area contributed by atoms with Gasteiger partial charge in [-0.2, -0.15) is 13.2 Å². The molecule has 1 heterocycles. The molecular weight excluding hydrogens is 287 g/mol. The molecule has 0 aliphatic rings. The number of hydrogen-bond acceptors (Lipinski definition) is 1. The van der Waals surface area contributed by atoms with Gasteiger partial charge in [0.25, 0.3) is 0 Å². The lowest BCUT2D eigenvalue weighted by Crippen LogP contribution is -2.04. The van der Waals surface area contributed by atoms with E-state index in [2.05, 4.69) is 18.8 Å². The molecule has 0 atom stereocenters. The summed E-state index contributed by atoms with van der Waals surface area (Å²) in [6, 6.07) is 11.3. The van der Waals surface area contributed by atoms with Crippen LogP contribution in [0.5, 0.6) is 0 Å². The molecule has 2 rings (SSSR count). The van der Waals surface area contributed by atoms with Crippen molar-refractivity contribution < 1.29 is 13.2 Å². The van der Waals surface area contributed by atoms with Crippen molar-refractivity contribution in [2.45, 2.75) is 45.7 Å². The van der Waals surface area contributed by atoms with Gasteiger partial charge >= 0.3 is 6.18 Å². The fourth-order valence-corrected chi connectivity index (χ4v) is 1.77. The minimum Gasteiger partial charge on any atom is -0.261 e. The first-order valence-corrected chi connectivity index (χ1v) is 7.30. The molecule has 4 heteroatoms. The van der Waals surface area contributed by atoms with Crippen molar-refractivity contribution in [1.82, 2.24) is 4.98 Å². The Kier molecular flexibility index (Phi) is 6.60. The standard InChI is InChI=1S/C10H11F3.C8H11N/c1-7(2)8-3-5-9(6-4-8)10(11,12)13;1-7(2)8-5-3-4-6-9-8/h3-7H,1-2H3;3-7H,1-2H3. The van der Waals surface area contributed by atoms with Crippen molar-refractivity contribution in [3.05, 3.63) is 65.5 Å². The fraction of sp³-hybridized carbons (Fsp3) is 0.389. The highest BCUT2D eigenvalue weighted by atomic mass is 19.4. The maximum absolute atomic E-state index is 12.1. The van der Waals surface area contributed by atoms with Gasteiger partial charge in [-0.25, -0.2) is 0 Å². The van der Waals surface area contributed by atoms with E-state index >= 15 is 0 Å². The Labute approximate surface area is 130 Å². The fourth-order valence-electron chi connectivity index (χ4n) is 1.77. The number of pyridine rings is 1. The van der Waals surface area contributed by atoms with Gasteiger partial charge in [-0.3, -0.25) is 4.98 Å². The molecular formula is C18H22F3N. The van der Waals surface area contributed by atoms with Crippen molar-refractivity contribution in [2.75, 3.05) is 0 Å². The van der Waals surface area contributed by atoms with E-state index in [1.165, 1.54) is 12.1 Å². The van der Waals surface area contributed by atoms with Gasteiger partial charge in [0.2, 0.25) is 0 Å². The summed E-state index contributed by atoms with van der Waals surface area (Å²) in [4.78, 5) is 4.18. The van der Waals surface area contributed by atoms with Gasteiger partial charge in [-0.15, -0.1) is 0 Å². The molecule has 1 aromatic carbocycles. The third kappa shape index (κ3) is 5.88. The second-order valence-electron chi connectivity index (χ2n) is 5.68. The topological polar surface area (TPSA) is 12.9 Å². The zero-order chi connectivity index (χ0) is 16.8. The zero-order valence-corrected chi connectivity index (χ0v) is 13.4. The number of nitrogens with zero attached hydrogens (tertiary/aromatic N) is 1. The molecule has 22 heavy (non-hydrogen) atoms. The van der Waals surface area contributed by atoms with Gasteiger partial charge in [0.05, 0.1) is 5.56 Å². The van der Waals surface area contributed by atoms with Crippen LogP contribution in [0.15, 0.2) is 48.7 Å². The molecule has 120 valence electrons. The third-order valence-corrected chi connectivity index (χ3v) is 3.18. The molecule has 1 aromatic heterocycles. The van der Waals surface area contributed by atoms with E-state index in [-0.39, 0.29) is 5.92 Å². The summed E-state index contributed by atoms with van der Waals surface area (Å²) in [7, 11) is 0. The Bertz CT molecular complexity index is 543. The average molecular weight is 309 g/mol. The summed E-state index contributed by atoms with van der Waals surface area (Å²) in [5, 5.41) is 0. The van der Waals surface area contributed by atoms with Crippen LogP contribution in [0.3, 0.4) is 0 Å². The van der Waals surface area contributed by atoms with Crippen molar-refractivity contribution >= 4 is 0 Å². The number of hydrogen-bond donors (Lipinski definition) is 0. The van der Waals surface area contributed by atoms with Gasteiger partial charge in [-0.1, -0.05) is 45.9 Å². The van der Waals surface area contributed by atoms with E-state index in [9.17, 15) is 13.2 Å². The van der Waals surface area contributed by atoms with E-state index in [1.807, 2.05) is 38.2 Å². The predicted molar refractivity (Wildman–Crippen MR) is 83.9 cm³/mol. The third-order valence-electron chi connectivity index (χ3n) is 3.18. The van der Waals surface area contributed by atoms with E-state index in [0.717, 1.165) is 23.4 Å². The van der Waals surface area contributed by atoms with Crippen molar-refractivity contribution in [1.29, 1.82) is 0 Å². The average Bonchev–Trinajstić information content (AvgIpc) is 2.48. The lowest BCUT2D eigenvalue weighted by molar-refractivity contribution is -0.137. The summed E-state index contributed by atoms with van der Waals surface area (Å²) in [5.41, 5.74) is 1.50. The Morgan fingerprint density at radius 2 is 1.41 bits per heavy atom. The Hall–Kier alpha value is -1.84. The second kappa shape index (κ2) is 7.97. The summed E-state index contributed by atoms with van der Waals surface area (Å²) in [5.74, 6) is 0.813. The molecule has 0 saturated carbocycles. The highest BCUT2D eigenvalue weighted by molar-refractivity contribution is 5.26. The number of rotatable bonds is 2. The van der Waals surface area contributed by atoms with E-state index in [4.69, 9.17) is 0 Å². The molecule has 1 nitrogen and oxygen atoms in total. The van der Waals surface area contributed by atoms with Crippen LogP contribution in [-0.4, -0.2) is 4.98 Å². The molecule has 2 aromatic rings. The van der Waals surface area contributed by atoms with E-state index in [0.29, 0.717) is 5.92 Å². The van der Waals surface area contributed by atoms with Gasteiger partial charge in [0.15, 0.2) is 0 Å². The van der Waals surface area contributed by atoms with Gasteiger partial charge in [0.1, 0.15) is 0 Å². The van der Waals surface area contributed by atoms with Crippen LogP contribution in [0, 0.1) is 0 Å². The maximum atomic E-state index is 12.1. The first-order chi connectivity index (χ1) is 10.2. The molecule has 0 fully saturated rings. The first kappa shape index (κ1) is 18.2. The van der Waals surface area contributed by atoms with E-state index in [1.54, 1.807) is 0 Å². The first-order valence-electron chi connectivity index (χ1n) is 7.30.